The van der Waals surface area contributed by atoms with Crippen LogP contribution in [0.5, 0.6) is 0 Å². The second kappa shape index (κ2) is 5.77. The summed E-state index contributed by atoms with van der Waals surface area (Å²) in [5, 5.41) is 1.10. The van der Waals surface area contributed by atoms with Gasteiger partial charge in [-0.05, 0) is 49.8 Å². The first-order valence-electron chi connectivity index (χ1n) is 5.38. The molecule has 1 aromatic carbocycles. The van der Waals surface area contributed by atoms with E-state index < -0.39 is 0 Å². The monoisotopic (exact) mass is 244 g/mol. The predicted molar refractivity (Wildman–Crippen MR) is 69.0 cm³/mol. The van der Waals surface area contributed by atoms with Crippen LogP contribution < -0.4 is 0 Å². The van der Waals surface area contributed by atoms with Crippen LogP contribution in [0.1, 0.15) is 31.4 Å². The molecule has 0 heterocycles. The first kappa shape index (κ1) is 12.9. The molecule has 2 heteroatoms. The van der Waals surface area contributed by atoms with Crippen LogP contribution in [0.2, 0.25) is 5.02 Å². The lowest BCUT2D eigenvalue weighted by molar-refractivity contribution is 0.526. The number of hydrogen-bond acceptors (Lipinski definition) is 0. The summed E-state index contributed by atoms with van der Waals surface area (Å²) < 4.78 is 0. The standard InChI is InChI=1S/C13H18Cl2/c1-9(6-11(3)14)7-12-4-5-13(15)10(2)8-12/h4-5,8-9,11H,6-7H2,1-3H3. The van der Waals surface area contributed by atoms with Crippen LogP contribution in [0.4, 0.5) is 0 Å². The van der Waals surface area contributed by atoms with Crippen LogP contribution in [0.15, 0.2) is 18.2 Å². The molecule has 0 nitrogen and oxygen atoms in total. The molecule has 0 aromatic heterocycles. The highest BCUT2D eigenvalue weighted by Crippen LogP contribution is 2.20. The van der Waals surface area contributed by atoms with Crippen molar-refractivity contribution >= 4 is 23.2 Å². The summed E-state index contributed by atoms with van der Waals surface area (Å²) in [6, 6.07) is 6.24. The molecule has 0 aliphatic heterocycles. The number of hydrogen-bond donors (Lipinski definition) is 0. The van der Waals surface area contributed by atoms with Crippen molar-refractivity contribution in [3.63, 3.8) is 0 Å². The van der Waals surface area contributed by atoms with Crippen LogP contribution in [0.3, 0.4) is 0 Å². The largest absolute Gasteiger partial charge is 0.123 e. The van der Waals surface area contributed by atoms with Gasteiger partial charge in [0, 0.05) is 10.4 Å². The summed E-state index contributed by atoms with van der Waals surface area (Å²) in [4.78, 5) is 0. The molecule has 2 atom stereocenters. The fourth-order valence-corrected chi connectivity index (χ4v) is 2.30. The summed E-state index contributed by atoms with van der Waals surface area (Å²) >= 11 is 12.0. The summed E-state index contributed by atoms with van der Waals surface area (Å²) in [5.74, 6) is 0.623. The Morgan fingerprint density at radius 1 is 1.27 bits per heavy atom. The number of halogens is 2. The molecule has 0 bridgehead atoms. The Kier molecular flexibility index (Phi) is 4.95. The van der Waals surface area contributed by atoms with Crippen molar-refractivity contribution in [1.82, 2.24) is 0 Å². The van der Waals surface area contributed by atoms with Gasteiger partial charge in [0.2, 0.25) is 0 Å². The van der Waals surface area contributed by atoms with Gasteiger partial charge in [-0.1, -0.05) is 30.7 Å². The van der Waals surface area contributed by atoms with Crippen molar-refractivity contribution in [2.75, 3.05) is 0 Å². The zero-order valence-corrected chi connectivity index (χ0v) is 11.1. The predicted octanol–water partition coefficient (Wildman–Crippen LogP) is 4.84. The molecule has 0 saturated heterocycles. The van der Waals surface area contributed by atoms with Crippen LogP contribution in [-0.2, 0) is 6.42 Å². The van der Waals surface area contributed by atoms with Gasteiger partial charge in [0.25, 0.3) is 0 Å². The molecule has 2 unspecified atom stereocenters. The van der Waals surface area contributed by atoms with E-state index in [-0.39, 0.29) is 5.38 Å². The summed E-state index contributed by atoms with van der Waals surface area (Å²) in [7, 11) is 0. The van der Waals surface area contributed by atoms with Gasteiger partial charge in [-0.2, -0.15) is 0 Å². The fraction of sp³-hybridized carbons (Fsp3) is 0.538. The molecule has 0 aliphatic carbocycles. The van der Waals surface area contributed by atoms with Crippen molar-refractivity contribution in [2.45, 2.75) is 39.0 Å². The molecular formula is C13H18Cl2. The van der Waals surface area contributed by atoms with Gasteiger partial charge in [-0.25, -0.2) is 0 Å². The van der Waals surface area contributed by atoms with Gasteiger partial charge in [0.05, 0.1) is 0 Å². The minimum absolute atomic E-state index is 0.258. The molecule has 84 valence electrons. The van der Waals surface area contributed by atoms with E-state index in [1.807, 2.05) is 19.9 Å². The molecule has 0 aliphatic rings. The van der Waals surface area contributed by atoms with E-state index in [0.717, 1.165) is 23.4 Å². The first-order valence-corrected chi connectivity index (χ1v) is 6.19. The molecular weight excluding hydrogens is 227 g/mol. The number of rotatable bonds is 4. The summed E-state index contributed by atoms with van der Waals surface area (Å²) in [6.07, 6.45) is 2.14. The van der Waals surface area contributed by atoms with Crippen LogP contribution in [-0.4, -0.2) is 5.38 Å². The van der Waals surface area contributed by atoms with E-state index >= 15 is 0 Å². The molecule has 1 rings (SSSR count). The minimum atomic E-state index is 0.258. The number of alkyl halides is 1. The van der Waals surface area contributed by atoms with Gasteiger partial charge >= 0.3 is 0 Å². The van der Waals surface area contributed by atoms with Crippen molar-refractivity contribution < 1.29 is 0 Å². The average molecular weight is 245 g/mol. The van der Waals surface area contributed by atoms with E-state index in [0.29, 0.717) is 5.92 Å². The number of aryl methyl sites for hydroxylation is 1. The summed E-state index contributed by atoms with van der Waals surface area (Å²) in [6.45, 7) is 6.33. The van der Waals surface area contributed by atoms with E-state index in [9.17, 15) is 0 Å². The Balaban J connectivity index is 2.60. The Morgan fingerprint density at radius 2 is 1.93 bits per heavy atom. The Bertz CT molecular complexity index is 318. The first-order chi connectivity index (χ1) is 6.99. The topological polar surface area (TPSA) is 0 Å². The van der Waals surface area contributed by atoms with Crippen LogP contribution in [0.25, 0.3) is 0 Å². The fourth-order valence-electron chi connectivity index (χ4n) is 1.87. The SMILES string of the molecule is Cc1cc(CC(C)CC(C)Cl)ccc1Cl. The van der Waals surface area contributed by atoms with Crippen molar-refractivity contribution in [3.8, 4) is 0 Å². The minimum Gasteiger partial charge on any atom is -0.123 e. The molecule has 1 aromatic rings. The third-order valence-corrected chi connectivity index (χ3v) is 3.14. The third kappa shape index (κ3) is 4.44. The molecule has 0 spiro atoms. The van der Waals surface area contributed by atoms with Gasteiger partial charge in [0.15, 0.2) is 0 Å². The maximum absolute atomic E-state index is 5.98. The quantitative estimate of drug-likeness (QED) is 0.665. The molecule has 0 fully saturated rings. The zero-order valence-electron chi connectivity index (χ0n) is 9.56. The molecule has 0 saturated carbocycles. The van der Waals surface area contributed by atoms with Crippen LogP contribution in [0, 0.1) is 12.8 Å². The lowest BCUT2D eigenvalue weighted by atomic mass is 9.96. The Hall–Kier alpha value is -0.200. The van der Waals surface area contributed by atoms with Gasteiger partial charge in [-0.15, -0.1) is 11.6 Å². The highest BCUT2D eigenvalue weighted by molar-refractivity contribution is 6.31. The second-order valence-electron chi connectivity index (χ2n) is 4.41. The van der Waals surface area contributed by atoms with Gasteiger partial charge < -0.3 is 0 Å². The molecule has 0 N–H and O–H groups in total. The van der Waals surface area contributed by atoms with Crippen LogP contribution >= 0.6 is 23.2 Å². The zero-order chi connectivity index (χ0) is 11.4. The average Bonchev–Trinajstić information content (AvgIpc) is 2.10. The van der Waals surface area contributed by atoms with E-state index in [1.54, 1.807) is 0 Å². The maximum atomic E-state index is 5.98. The Morgan fingerprint density at radius 3 is 2.47 bits per heavy atom. The van der Waals surface area contributed by atoms with Gasteiger partial charge in [0.1, 0.15) is 0 Å². The van der Waals surface area contributed by atoms with Crippen molar-refractivity contribution in [3.05, 3.63) is 34.3 Å². The molecule has 15 heavy (non-hydrogen) atoms. The van der Waals surface area contributed by atoms with E-state index in [4.69, 9.17) is 23.2 Å². The summed E-state index contributed by atoms with van der Waals surface area (Å²) in [5.41, 5.74) is 2.50. The highest BCUT2D eigenvalue weighted by Gasteiger charge is 2.08. The Labute approximate surface area is 103 Å². The second-order valence-corrected chi connectivity index (χ2v) is 5.56. The van der Waals surface area contributed by atoms with E-state index in [1.165, 1.54) is 5.56 Å². The highest BCUT2D eigenvalue weighted by atomic mass is 35.5. The lowest BCUT2D eigenvalue weighted by Gasteiger charge is -2.13. The van der Waals surface area contributed by atoms with E-state index in [2.05, 4.69) is 19.1 Å². The van der Waals surface area contributed by atoms with Gasteiger partial charge in [-0.3, -0.25) is 0 Å². The molecule has 0 amide bonds. The normalized spacial score (nSPS) is 15.0. The van der Waals surface area contributed by atoms with Crippen molar-refractivity contribution in [1.29, 1.82) is 0 Å². The lowest BCUT2D eigenvalue weighted by Crippen LogP contribution is -2.05. The van der Waals surface area contributed by atoms with Crippen molar-refractivity contribution in [2.24, 2.45) is 5.92 Å². The smallest absolute Gasteiger partial charge is 0.0435 e. The molecule has 0 radical (unpaired) electrons. The maximum Gasteiger partial charge on any atom is 0.0435 e. The number of benzene rings is 1. The third-order valence-electron chi connectivity index (χ3n) is 2.53.